The lowest BCUT2D eigenvalue weighted by molar-refractivity contribution is -0.0363. The third-order valence-corrected chi connectivity index (χ3v) is 3.42. The molecule has 4 heteroatoms. The van der Waals surface area contributed by atoms with Gasteiger partial charge in [0.15, 0.2) is 0 Å². The molecule has 1 heterocycles. The molecule has 2 atom stereocenters. The molecule has 2 unspecified atom stereocenters. The molecular weight excluding hydrogens is 222 g/mol. The van der Waals surface area contributed by atoms with Crippen molar-refractivity contribution < 1.29 is 9.84 Å². The van der Waals surface area contributed by atoms with Crippen LogP contribution >= 0.6 is 11.3 Å². The molecule has 1 N–H and O–H groups in total. The first kappa shape index (κ1) is 13.6. The summed E-state index contributed by atoms with van der Waals surface area (Å²) in [4.78, 5) is 4.36. The van der Waals surface area contributed by atoms with Gasteiger partial charge in [-0.3, -0.25) is 0 Å². The number of aryl methyl sites for hydroxylation is 1. The number of ether oxygens (including phenoxy) is 1. The van der Waals surface area contributed by atoms with Crippen LogP contribution in [-0.2, 0) is 11.2 Å². The Hall–Kier alpha value is -0.450. The van der Waals surface area contributed by atoms with Gasteiger partial charge in [-0.1, -0.05) is 13.3 Å². The van der Waals surface area contributed by atoms with Gasteiger partial charge in [-0.25, -0.2) is 4.98 Å². The van der Waals surface area contributed by atoms with E-state index >= 15 is 0 Å². The van der Waals surface area contributed by atoms with Crippen LogP contribution in [0.15, 0.2) is 5.38 Å². The minimum atomic E-state index is -0.439. The van der Waals surface area contributed by atoms with Gasteiger partial charge < -0.3 is 9.84 Å². The van der Waals surface area contributed by atoms with Gasteiger partial charge in [0.1, 0.15) is 0 Å². The Bertz CT molecular complexity index is 295. The normalized spacial score (nSPS) is 15.0. The van der Waals surface area contributed by atoms with Crippen molar-refractivity contribution in [3.05, 3.63) is 16.1 Å². The molecule has 0 aliphatic heterocycles. The summed E-state index contributed by atoms with van der Waals surface area (Å²) in [5.41, 5.74) is 1.02. The van der Waals surface area contributed by atoms with Crippen molar-refractivity contribution in [3.8, 4) is 0 Å². The van der Waals surface area contributed by atoms with Crippen molar-refractivity contribution in [2.75, 3.05) is 6.61 Å². The van der Waals surface area contributed by atoms with Crippen LogP contribution in [0.25, 0.3) is 0 Å². The van der Waals surface area contributed by atoms with Crippen LogP contribution in [0.4, 0.5) is 0 Å². The van der Waals surface area contributed by atoms with Crippen molar-refractivity contribution >= 4 is 11.3 Å². The molecular formula is C12H21NO2S. The second-order valence-electron chi connectivity index (χ2n) is 3.94. The fourth-order valence-corrected chi connectivity index (χ4v) is 2.52. The Kier molecular flexibility index (Phi) is 5.95. The lowest BCUT2D eigenvalue weighted by Crippen LogP contribution is -2.30. The smallest absolute Gasteiger partial charge is 0.0954 e. The van der Waals surface area contributed by atoms with E-state index in [-0.39, 0.29) is 6.10 Å². The Balaban J connectivity index is 2.50. The van der Waals surface area contributed by atoms with Gasteiger partial charge >= 0.3 is 0 Å². The Morgan fingerprint density at radius 1 is 1.50 bits per heavy atom. The average Bonchev–Trinajstić information content (AvgIpc) is 2.63. The number of thiazole rings is 1. The van der Waals surface area contributed by atoms with E-state index in [1.165, 1.54) is 0 Å². The summed E-state index contributed by atoms with van der Waals surface area (Å²) < 4.78 is 5.55. The molecule has 0 aliphatic carbocycles. The molecule has 1 rings (SSSR count). The maximum atomic E-state index is 10.1. The number of hydrogen-bond acceptors (Lipinski definition) is 4. The van der Waals surface area contributed by atoms with E-state index in [0.717, 1.165) is 23.5 Å². The van der Waals surface area contributed by atoms with Crippen molar-refractivity contribution in [2.24, 2.45) is 0 Å². The minimum Gasteiger partial charge on any atom is -0.390 e. The summed E-state index contributed by atoms with van der Waals surface area (Å²) >= 11 is 1.60. The van der Waals surface area contributed by atoms with Crippen LogP contribution in [0, 0.1) is 6.92 Å². The van der Waals surface area contributed by atoms with E-state index < -0.39 is 6.10 Å². The van der Waals surface area contributed by atoms with Gasteiger partial charge in [-0.05, 0) is 20.3 Å². The van der Waals surface area contributed by atoms with E-state index in [4.69, 9.17) is 4.74 Å². The predicted molar refractivity (Wildman–Crippen MR) is 66.9 cm³/mol. The molecule has 0 spiro atoms. The molecule has 0 aliphatic rings. The number of aliphatic hydroxyl groups excluding tert-OH is 1. The van der Waals surface area contributed by atoms with Crippen molar-refractivity contribution in [1.82, 2.24) is 4.98 Å². The lowest BCUT2D eigenvalue weighted by Gasteiger charge is -2.21. The molecule has 1 aromatic rings. The second kappa shape index (κ2) is 6.99. The van der Waals surface area contributed by atoms with Gasteiger partial charge in [0.05, 0.1) is 17.2 Å². The maximum Gasteiger partial charge on any atom is 0.0954 e. The minimum absolute atomic E-state index is 0.0563. The highest BCUT2D eigenvalue weighted by molar-refractivity contribution is 7.09. The zero-order valence-electron chi connectivity index (χ0n) is 10.3. The molecule has 0 aromatic carbocycles. The summed E-state index contributed by atoms with van der Waals surface area (Å²) in [6, 6.07) is 0. The molecule has 0 amide bonds. The summed E-state index contributed by atoms with van der Waals surface area (Å²) in [6.45, 7) is 6.69. The predicted octanol–water partition coefficient (Wildman–Crippen LogP) is 2.56. The third kappa shape index (κ3) is 4.20. The largest absolute Gasteiger partial charge is 0.390 e. The van der Waals surface area contributed by atoms with E-state index in [0.29, 0.717) is 13.0 Å². The van der Waals surface area contributed by atoms with E-state index in [1.807, 2.05) is 19.2 Å². The highest BCUT2D eigenvalue weighted by atomic mass is 32.1. The van der Waals surface area contributed by atoms with Gasteiger partial charge in [0.2, 0.25) is 0 Å². The fourth-order valence-electron chi connectivity index (χ4n) is 1.69. The summed E-state index contributed by atoms with van der Waals surface area (Å²) in [5.74, 6) is 0. The topological polar surface area (TPSA) is 42.4 Å². The van der Waals surface area contributed by atoms with Crippen LogP contribution in [0.1, 0.15) is 37.4 Å². The Morgan fingerprint density at radius 2 is 2.25 bits per heavy atom. The highest BCUT2D eigenvalue weighted by Gasteiger charge is 2.20. The second-order valence-corrected chi connectivity index (χ2v) is 4.88. The van der Waals surface area contributed by atoms with Crippen LogP contribution < -0.4 is 0 Å². The summed E-state index contributed by atoms with van der Waals surface area (Å²) in [6.07, 6.45) is 2.03. The Labute approximate surface area is 101 Å². The molecule has 0 saturated heterocycles. The van der Waals surface area contributed by atoms with Crippen LogP contribution in [0.5, 0.6) is 0 Å². The molecule has 3 nitrogen and oxygen atoms in total. The van der Waals surface area contributed by atoms with Gasteiger partial charge in [-0.15, -0.1) is 11.3 Å². The number of nitrogens with zero attached hydrogens (tertiary/aromatic N) is 1. The summed E-state index contributed by atoms with van der Waals surface area (Å²) in [7, 11) is 0. The molecule has 0 saturated carbocycles. The molecule has 0 fully saturated rings. The molecule has 16 heavy (non-hydrogen) atoms. The number of rotatable bonds is 7. The van der Waals surface area contributed by atoms with Crippen LogP contribution in [-0.4, -0.2) is 28.9 Å². The monoisotopic (exact) mass is 243 g/mol. The standard InChI is InChI=1S/C12H21NO2S/c1-4-6-11(15-5-2)10(14)7-12-13-9(3)8-16-12/h8,10-11,14H,4-7H2,1-3H3. The van der Waals surface area contributed by atoms with Crippen molar-refractivity contribution in [1.29, 1.82) is 0 Å². The molecule has 92 valence electrons. The number of hydrogen-bond donors (Lipinski definition) is 1. The van der Waals surface area contributed by atoms with Gasteiger partial charge in [0, 0.05) is 24.1 Å². The first-order valence-corrected chi connectivity index (χ1v) is 6.76. The van der Waals surface area contributed by atoms with E-state index in [1.54, 1.807) is 11.3 Å². The van der Waals surface area contributed by atoms with Crippen molar-refractivity contribution in [2.45, 2.75) is 52.2 Å². The number of aliphatic hydroxyl groups is 1. The number of aromatic nitrogens is 1. The summed E-state index contributed by atoms with van der Waals surface area (Å²) in [5, 5.41) is 13.1. The molecule has 0 radical (unpaired) electrons. The van der Waals surface area contributed by atoms with E-state index in [2.05, 4.69) is 11.9 Å². The fraction of sp³-hybridized carbons (Fsp3) is 0.750. The Morgan fingerprint density at radius 3 is 2.75 bits per heavy atom. The van der Waals surface area contributed by atoms with Gasteiger partial charge in [0.25, 0.3) is 0 Å². The molecule has 0 bridgehead atoms. The first-order valence-electron chi connectivity index (χ1n) is 5.88. The third-order valence-electron chi connectivity index (χ3n) is 2.43. The van der Waals surface area contributed by atoms with Crippen LogP contribution in [0.2, 0.25) is 0 Å². The van der Waals surface area contributed by atoms with E-state index in [9.17, 15) is 5.11 Å². The quantitative estimate of drug-likeness (QED) is 0.800. The lowest BCUT2D eigenvalue weighted by atomic mass is 10.1. The van der Waals surface area contributed by atoms with Crippen LogP contribution in [0.3, 0.4) is 0 Å². The average molecular weight is 243 g/mol. The first-order chi connectivity index (χ1) is 7.67. The zero-order valence-corrected chi connectivity index (χ0v) is 11.1. The SMILES string of the molecule is CCCC(OCC)C(O)Cc1nc(C)cs1. The van der Waals surface area contributed by atoms with Gasteiger partial charge in [-0.2, -0.15) is 0 Å². The van der Waals surface area contributed by atoms with Crippen molar-refractivity contribution in [3.63, 3.8) is 0 Å². The maximum absolute atomic E-state index is 10.1. The highest BCUT2D eigenvalue weighted by Crippen LogP contribution is 2.16. The molecule has 1 aromatic heterocycles. The zero-order chi connectivity index (χ0) is 12.0.